The zero-order chi connectivity index (χ0) is 16.6. The molecule has 0 aliphatic rings. The lowest BCUT2D eigenvalue weighted by Crippen LogP contribution is -2.40. The van der Waals surface area contributed by atoms with Crippen LogP contribution < -0.4 is 5.32 Å². The Labute approximate surface area is 137 Å². The van der Waals surface area contributed by atoms with Crippen molar-refractivity contribution in [2.75, 3.05) is 19.3 Å². The maximum atomic E-state index is 11.9. The molecule has 1 aromatic rings. The fourth-order valence-corrected chi connectivity index (χ4v) is 2.86. The van der Waals surface area contributed by atoms with E-state index in [4.69, 9.17) is 11.6 Å². The molecule has 0 bridgehead atoms. The predicted molar refractivity (Wildman–Crippen MR) is 89.2 cm³/mol. The van der Waals surface area contributed by atoms with Gasteiger partial charge in [0.25, 0.3) is 0 Å². The fourth-order valence-electron chi connectivity index (χ4n) is 1.92. The fraction of sp³-hybridized carbons (Fsp3) is 0.533. The van der Waals surface area contributed by atoms with Gasteiger partial charge in [-0.05, 0) is 24.1 Å². The average molecular weight is 347 g/mol. The van der Waals surface area contributed by atoms with E-state index in [1.54, 1.807) is 12.1 Å². The molecular formula is C15H23ClN2O3S. The molecule has 22 heavy (non-hydrogen) atoms. The summed E-state index contributed by atoms with van der Waals surface area (Å²) in [6.45, 7) is 2.63. The molecule has 0 heterocycles. The minimum atomic E-state index is -3.37. The van der Waals surface area contributed by atoms with Gasteiger partial charge < -0.3 is 5.32 Å². The van der Waals surface area contributed by atoms with E-state index < -0.39 is 10.0 Å². The maximum Gasteiger partial charge on any atom is 0.235 e. The lowest BCUT2D eigenvalue weighted by Gasteiger charge is -2.19. The lowest BCUT2D eigenvalue weighted by molar-refractivity contribution is -0.121. The molecule has 5 nitrogen and oxygen atoms in total. The molecule has 124 valence electrons. The van der Waals surface area contributed by atoms with Crippen LogP contribution in [0.3, 0.4) is 0 Å². The van der Waals surface area contributed by atoms with Crippen LogP contribution in [0.5, 0.6) is 0 Å². The summed E-state index contributed by atoms with van der Waals surface area (Å²) >= 11 is 5.79. The number of hydrogen-bond acceptors (Lipinski definition) is 3. The van der Waals surface area contributed by atoms with Gasteiger partial charge in [-0.15, -0.1) is 0 Å². The molecule has 0 spiro atoms. The number of nitrogens with one attached hydrogen (secondary N) is 1. The first-order valence-corrected chi connectivity index (χ1v) is 9.52. The van der Waals surface area contributed by atoms with Crippen molar-refractivity contribution in [3.63, 3.8) is 0 Å². The summed E-state index contributed by atoms with van der Waals surface area (Å²) < 4.78 is 24.6. The van der Waals surface area contributed by atoms with Crippen molar-refractivity contribution in [1.82, 2.24) is 9.62 Å². The third-order valence-corrected chi connectivity index (χ3v) is 4.70. The number of benzene rings is 1. The largest absolute Gasteiger partial charge is 0.351 e. The Morgan fingerprint density at radius 2 is 1.86 bits per heavy atom. The van der Waals surface area contributed by atoms with Gasteiger partial charge in [-0.3, -0.25) is 4.79 Å². The van der Waals surface area contributed by atoms with E-state index in [0.29, 0.717) is 18.1 Å². The highest BCUT2D eigenvalue weighted by molar-refractivity contribution is 7.88. The van der Waals surface area contributed by atoms with Crippen molar-refractivity contribution < 1.29 is 13.2 Å². The highest BCUT2D eigenvalue weighted by Crippen LogP contribution is 2.09. The number of carbonyl (C=O) groups is 1. The number of halogens is 1. The highest BCUT2D eigenvalue weighted by atomic mass is 35.5. The summed E-state index contributed by atoms with van der Waals surface area (Å²) in [4.78, 5) is 11.9. The standard InChI is InChI=1S/C15H23ClN2O3S/c1-3-4-5-10-18(22(2,20)21)12-15(19)17-11-13-6-8-14(16)9-7-13/h6-9H,3-5,10-12H2,1-2H3,(H,17,19). The van der Waals surface area contributed by atoms with Gasteiger partial charge in [-0.25, -0.2) is 8.42 Å². The average Bonchev–Trinajstić information content (AvgIpc) is 2.45. The third-order valence-electron chi connectivity index (χ3n) is 3.20. The summed E-state index contributed by atoms with van der Waals surface area (Å²) in [6.07, 6.45) is 3.83. The van der Waals surface area contributed by atoms with E-state index >= 15 is 0 Å². The summed E-state index contributed by atoms with van der Waals surface area (Å²) in [5.74, 6) is -0.308. The first kappa shape index (κ1) is 18.9. The second kappa shape index (κ2) is 9.12. The Kier molecular flexibility index (Phi) is 7.85. The first-order valence-electron chi connectivity index (χ1n) is 7.29. The van der Waals surface area contributed by atoms with Crippen LogP contribution >= 0.6 is 11.6 Å². The molecule has 0 saturated carbocycles. The molecule has 1 rings (SSSR count). The number of hydrogen-bond donors (Lipinski definition) is 1. The molecule has 1 N–H and O–H groups in total. The van der Waals surface area contributed by atoms with Gasteiger partial charge in [0.1, 0.15) is 0 Å². The van der Waals surface area contributed by atoms with E-state index in [9.17, 15) is 13.2 Å². The maximum absolute atomic E-state index is 11.9. The molecule has 1 amide bonds. The minimum Gasteiger partial charge on any atom is -0.351 e. The number of unbranched alkanes of at least 4 members (excludes halogenated alkanes) is 2. The smallest absolute Gasteiger partial charge is 0.235 e. The minimum absolute atomic E-state index is 0.143. The van der Waals surface area contributed by atoms with Crippen LogP contribution in [0.2, 0.25) is 5.02 Å². The molecule has 0 aromatic heterocycles. The van der Waals surface area contributed by atoms with Crippen molar-refractivity contribution in [2.24, 2.45) is 0 Å². The van der Waals surface area contributed by atoms with Gasteiger partial charge in [0.2, 0.25) is 15.9 Å². The zero-order valence-electron chi connectivity index (χ0n) is 13.0. The Bertz CT molecular complexity index is 573. The van der Waals surface area contributed by atoms with E-state index in [1.165, 1.54) is 4.31 Å². The van der Waals surface area contributed by atoms with Crippen LogP contribution in [0.4, 0.5) is 0 Å². The van der Waals surface area contributed by atoms with Gasteiger partial charge in [0.05, 0.1) is 12.8 Å². The Morgan fingerprint density at radius 3 is 2.41 bits per heavy atom. The van der Waals surface area contributed by atoms with E-state index in [2.05, 4.69) is 5.32 Å². The summed E-state index contributed by atoms with van der Waals surface area (Å²) in [6, 6.07) is 7.13. The number of sulfonamides is 1. The normalized spacial score (nSPS) is 11.6. The molecule has 1 aromatic carbocycles. The highest BCUT2D eigenvalue weighted by Gasteiger charge is 2.19. The quantitative estimate of drug-likeness (QED) is 0.698. The van der Waals surface area contributed by atoms with Crippen molar-refractivity contribution in [3.8, 4) is 0 Å². The van der Waals surface area contributed by atoms with Crippen LogP contribution in [-0.4, -0.2) is 38.0 Å². The van der Waals surface area contributed by atoms with Gasteiger partial charge in [0, 0.05) is 18.1 Å². The summed E-state index contributed by atoms with van der Waals surface area (Å²) in [5.41, 5.74) is 0.912. The number of amides is 1. The number of carbonyl (C=O) groups excluding carboxylic acids is 1. The predicted octanol–water partition coefficient (Wildman–Crippen LogP) is 2.41. The van der Waals surface area contributed by atoms with Gasteiger partial charge in [-0.2, -0.15) is 4.31 Å². The molecule has 0 atom stereocenters. The van der Waals surface area contributed by atoms with E-state index in [0.717, 1.165) is 31.1 Å². The zero-order valence-corrected chi connectivity index (χ0v) is 14.6. The van der Waals surface area contributed by atoms with Crippen molar-refractivity contribution in [1.29, 1.82) is 0 Å². The van der Waals surface area contributed by atoms with Crippen LogP contribution in [-0.2, 0) is 21.4 Å². The molecule has 0 unspecified atom stereocenters. The van der Waals surface area contributed by atoms with Gasteiger partial charge in [-0.1, -0.05) is 43.5 Å². The van der Waals surface area contributed by atoms with Gasteiger partial charge >= 0.3 is 0 Å². The third kappa shape index (κ3) is 7.24. The van der Waals surface area contributed by atoms with E-state index in [1.807, 2.05) is 19.1 Å². The number of nitrogens with zero attached hydrogens (tertiary/aromatic N) is 1. The Hall–Kier alpha value is -1.11. The SMILES string of the molecule is CCCCCN(CC(=O)NCc1ccc(Cl)cc1)S(C)(=O)=O. The van der Waals surface area contributed by atoms with Crippen molar-refractivity contribution >= 4 is 27.5 Å². The molecule has 0 saturated heterocycles. The molecule has 0 aliphatic heterocycles. The summed E-state index contributed by atoms with van der Waals surface area (Å²) in [5, 5.41) is 3.36. The molecule has 0 fully saturated rings. The Balaban J connectivity index is 2.50. The Morgan fingerprint density at radius 1 is 1.23 bits per heavy atom. The lowest BCUT2D eigenvalue weighted by atomic mass is 10.2. The van der Waals surface area contributed by atoms with E-state index in [-0.39, 0.29) is 12.5 Å². The number of rotatable bonds is 9. The topological polar surface area (TPSA) is 66.5 Å². The molecule has 7 heteroatoms. The second-order valence-electron chi connectivity index (χ2n) is 5.21. The van der Waals surface area contributed by atoms with Crippen molar-refractivity contribution in [2.45, 2.75) is 32.7 Å². The first-order chi connectivity index (χ1) is 10.3. The van der Waals surface area contributed by atoms with Crippen LogP contribution in [0.15, 0.2) is 24.3 Å². The second-order valence-corrected chi connectivity index (χ2v) is 7.63. The van der Waals surface area contributed by atoms with Gasteiger partial charge in [0.15, 0.2) is 0 Å². The van der Waals surface area contributed by atoms with Crippen molar-refractivity contribution in [3.05, 3.63) is 34.9 Å². The molecule has 0 radical (unpaired) electrons. The monoisotopic (exact) mass is 346 g/mol. The van der Waals surface area contributed by atoms with Crippen LogP contribution in [0.1, 0.15) is 31.7 Å². The molecular weight excluding hydrogens is 324 g/mol. The molecule has 0 aliphatic carbocycles. The van der Waals surface area contributed by atoms with Crippen LogP contribution in [0, 0.1) is 0 Å². The summed E-state index contributed by atoms with van der Waals surface area (Å²) in [7, 11) is -3.37. The van der Waals surface area contributed by atoms with Crippen LogP contribution in [0.25, 0.3) is 0 Å².